The van der Waals surface area contributed by atoms with E-state index in [4.69, 9.17) is 16.3 Å². The van der Waals surface area contributed by atoms with Crippen molar-refractivity contribution in [2.45, 2.75) is 19.0 Å². The lowest BCUT2D eigenvalue weighted by molar-refractivity contribution is 0.157. The highest BCUT2D eigenvalue weighted by Crippen LogP contribution is 2.25. The predicted molar refractivity (Wildman–Crippen MR) is 129 cm³/mol. The number of piperazine rings is 1. The fraction of sp³-hybridized carbons (Fsp3) is 0.348. The van der Waals surface area contributed by atoms with Gasteiger partial charge in [-0.25, -0.2) is 9.48 Å². The number of halogens is 2. The fourth-order valence-corrected chi connectivity index (χ4v) is 4.10. The highest BCUT2D eigenvalue weighted by Gasteiger charge is 2.23. The van der Waals surface area contributed by atoms with Gasteiger partial charge in [-0.15, -0.1) is 12.4 Å². The molecule has 9 heteroatoms. The van der Waals surface area contributed by atoms with Crippen LogP contribution in [0.15, 0.2) is 59.5 Å². The normalized spacial score (nSPS) is 16.4. The number of methoxy groups -OCH3 is 1. The lowest BCUT2D eigenvalue weighted by Crippen LogP contribution is -2.46. The molecule has 170 valence electrons. The zero-order valence-electron chi connectivity index (χ0n) is 17.9. The number of nitrogens with one attached hydrogen (secondary N) is 1. The molecule has 2 heterocycles. The second kappa shape index (κ2) is 11.4. The van der Waals surface area contributed by atoms with Gasteiger partial charge in [0.2, 0.25) is 0 Å². The largest absolute Gasteiger partial charge is 0.497 e. The fourth-order valence-electron chi connectivity index (χ4n) is 3.90. The molecular formula is C23H27Cl2N5O2. The van der Waals surface area contributed by atoms with Gasteiger partial charge >= 0.3 is 5.69 Å². The average molecular weight is 476 g/mol. The summed E-state index contributed by atoms with van der Waals surface area (Å²) in [5.41, 5.74) is 2.27. The molecule has 0 amide bonds. The molecule has 1 aromatic heterocycles. The summed E-state index contributed by atoms with van der Waals surface area (Å²) in [5, 5.41) is 8.54. The molecule has 0 spiro atoms. The van der Waals surface area contributed by atoms with E-state index < -0.39 is 0 Å². The minimum atomic E-state index is -0.333. The molecule has 0 bridgehead atoms. The zero-order valence-corrected chi connectivity index (χ0v) is 19.5. The molecule has 2 aromatic carbocycles. The molecule has 0 aliphatic carbocycles. The molecule has 7 nitrogen and oxygen atoms in total. The zero-order chi connectivity index (χ0) is 21.6. The lowest BCUT2D eigenvalue weighted by atomic mass is 10.0. The monoisotopic (exact) mass is 475 g/mol. The quantitative estimate of drug-likeness (QED) is 0.564. The molecule has 1 N–H and O–H groups in total. The van der Waals surface area contributed by atoms with Gasteiger partial charge in [0, 0.05) is 49.4 Å². The molecule has 4 rings (SSSR count). The SMILES string of the molecule is COc1ccc(-c2cnn(CCCN3CCNCC3c3cccc(Cl)c3)c(=O)n2)cc1.Cl. The molecule has 0 saturated carbocycles. The number of rotatable bonds is 7. The van der Waals surface area contributed by atoms with Gasteiger partial charge in [-0.05, 0) is 48.4 Å². The molecular weight excluding hydrogens is 449 g/mol. The smallest absolute Gasteiger partial charge is 0.364 e. The number of benzene rings is 2. The molecule has 1 aliphatic rings. The van der Waals surface area contributed by atoms with E-state index in [1.807, 2.05) is 42.5 Å². The van der Waals surface area contributed by atoms with Gasteiger partial charge in [0.15, 0.2) is 0 Å². The van der Waals surface area contributed by atoms with Crippen LogP contribution in [0.3, 0.4) is 0 Å². The summed E-state index contributed by atoms with van der Waals surface area (Å²) in [6, 6.07) is 15.7. The third kappa shape index (κ3) is 5.86. The van der Waals surface area contributed by atoms with Crippen molar-refractivity contribution in [3.8, 4) is 17.0 Å². The number of nitrogens with zero attached hydrogens (tertiary/aromatic N) is 4. The molecule has 1 aliphatic heterocycles. The van der Waals surface area contributed by atoms with E-state index >= 15 is 0 Å². The first kappa shape index (κ1) is 24.2. The number of ether oxygens (including phenoxy) is 1. The van der Waals surface area contributed by atoms with E-state index in [1.165, 1.54) is 10.2 Å². The Balaban J connectivity index is 0.00000289. The van der Waals surface area contributed by atoms with E-state index in [0.717, 1.165) is 48.9 Å². The second-order valence-corrected chi connectivity index (χ2v) is 7.98. The molecule has 0 radical (unpaired) electrons. The van der Waals surface area contributed by atoms with Crippen LogP contribution < -0.4 is 15.7 Å². The van der Waals surface area contributed by atoms with Crippen molar-refractivity contribution in [2.75, 3.05) is 33.3 Å². The Morgan fingerprint density at radius 2 is 2.00 bits per heavy atom. The topological polar surface area (TPSA) is 72.3 Å². The van der Waals surface area contributed by atoms with Crippen molar-refractivity contribution >= 4 is 24.0 Å². The van der Waals surface area contributed by atoms with Crippen molar-refractivity contribution in [1.82, 2.24) is 25.0 Å². The molecule has 3 aromatic rings. The van der Waals surface area contributed by atoms with Crippen LogP contribution in [0.1, 0.15) is 18.0 Å². The van der Waals surface area contributed by atoms with Crippen molar-refractivity contribution in [2.24, 2.45) is 0 Å². The highest BCUT2D eigenvalue weighted by molar-refractivity contribution is 6.30. The van der Waals surface area contributed by atoms with E-state index in [9.17, 15) is 4.79 Å². The first-order chi connectivity index (χ1) is 15.1. The van der Waals surface area contributed by atoms with Crippen LogP contribution in [-0.2, 0) is 6.54 Å². The standard InChI is InChI=1S/C23H26ClN5O2.ClH/c1-31-20-8-6-17(7-9-20)21-15-26-29(23(30)27-21)12-3-11-28-13-10-25-16-22(28)18-4-2-5-19(24)14-18;/h2,4-9,14-15,22,25H,3,10-13,16H2,1H3;1H. The van der Waals surface area contributed by atoms with Crippen LogP contribution >= 0.6 is 24.0 Å². The average Bonchev–Trinajstić information content (AvgIpc) is 2.80. The Morgan fingerprint density at radius 1 is 1.19 bits per heavy atom. The summed E-state index contributed by atoms with van der Waals surface area (Å²) in [5.74, 6) is 0.758. The Morgan fingerprint density at radius 3 is 2.72 bits per heavy atom. The maximum atomic E-state index is 12.5. The predicted octanol–water partition coefficient (Wildman–Crippen LogP) is 3.43. The summed E-state index contributed by atoms with van der Waals surface area (Å²) in [4.78, 5) is 19.1. The maximum absolute atomic E-state index is 12.5. The molecule has 1 saturated heterocycles. The maximum Gasteiger partial charge on any atom is 0.364 e. The number of hydrogen-bond acceptors (Lipinski definition) is 6. The first-order valence-electron chi connectivity index (χ1n) is 10.4. The summed E-state index contributed by atoms with van der Waals surface area (Å²) in [6.07, 6.45) is 2.45. The van der Waals surface area contributed by atoms with Crippen LogP contribution in [0.25, 0.3) is 11.3 Å². The van der Waals surface area contributed by atoms with E-state index in [2.05, 4.69) is 26.4 Å². The minimum absolute atomic E-state index is 0. The number of hydrogen-bond donors (Lipinski definition) is 1. The van der Waals surface area contributed by atoms with Gasteiger partial charge in [-0.2, -0.15) is 10.1 Å². The Bertz CT molecular complexity index is 1070. The highest BCUT2D eigenvalue weighted by atomic mass is 35.5. The number of aromatic nitrogens is 3. The summed E-state index contributed by atoms with van der Waals surface area (Å²) in [7, 11) is 1.62. The van der Waals surface area contributed by atoms with Gasteiger partial charge in [-0.3, -0.25) is 4.90 Å². The van der Waals surface area contributed by atoms with Crippen LogP contribution in [0.5, 0.6) is 5.75 Å². The van der Waals surface area contributed by atoms with Gasteiger partial charge in [0.05, 0.1) is 19.0 Å². The van der Waals surface area contributed by atoms with Crippen molar-refractivity contribution in [3.63, 3.8) is 0 Å². The lowest BCUT2D eigenvalue weighted by Gasteiger charge is -2.36. The minimum Gasteiger partial charge on any atom is -0.497 e. The first-order valence-corrected chi connectivity index (χ1v) is 10.8. The Kier molecular flexibility index (Phi) is 8.64. The molecule has 32 heavy (non-hydrogen) atoms. The van der Waals surface area contributed by atoms with E-state index in [-0.39, 0.29) is 24.1 Å². The van der Waals surface area contributed by atoms with Crippen LogP contribution in [-0.4, -0.2) is 53.0 Å². The van der Waals surface area contributed by atoms with Crippen molar-refractivity contribution in [1.29, 1.82) is 0 Å². The third-order valence-corrected chi connectivity index (χ3v) is 5.78. The van der Waals surface area contributed by atoms with Crippen molar-refractivity contribution in [3.05, 3.63) is 75.8 Å². The second-order valence-electron chi connectivity index (χ2n) is 7.54. The van der Waals surface area contributed by atoms with Gasteiger partial charge in [0.25, 0.3) is 0 Å². The van der Waals surface area contributed by atoms with Crippen LogP contribution in [0, 0.1) is 0 Å². The van der Waals surface area contributed by atoms with Gasteiger partial charge in [0.1, 0.15) is 5.75 Å². The Hall–Kier alpha value is -2.45. The number of aryl methyl sites for hydroxylation is 1. The van der Waals surface area contributed by atoms with Gasteiger partial charge < -0.3 is 10.1 Å². The summed E-state index contributed by atoms with van der Waals surface area (Å²) in [6.45, 7) is 4.19. The van der Waals surface area contributed by atoms with E-state index in [1.54, 1.807) is 13.3 Å². The van der Waals surface area contributed by atoms with Crippen LogP contribution in [0.4, 0.5) is 0 Å². The molecule has 1 unspecified atom stereocenters. The van der Waals surface area contributed by atoms with Gasteiger partial charge in [-0.1, -0.05) is 23.7 Å². The van der Waals surface area contributed by atoms with Crippen LogP contribution in [0.2, 0.25) is 5.02 Å². The molecule has 1 atom stereocenters. The molecule has 1 fully saturated rings. The summed E-state index contributed by atoms with van der Waals surface area (Å²) < 4.78 is 6.60. The third-order valence-electron chi connectivity index (χ3n) is 5.55. The Labute approximate surface area is 198 Å². The van der Waals surface area contributed by atoms with E-state index in [0.29, 0.717) is 12.2 Å². The summed E-state index contributed by atoms with van der Waals surface area (Å²) >= 11 is 6.19. The van der Waals surface area contributed by atoms with Crippen molar-refractivity contribution < 1.29 is 4.74 Å².